The minimum atomic E-state index is -2.46. The third-order valence-electron chi connectivity index (χ3n) is 2.86. The first kappa shape index (κ1) is 10.9. The topological polar surface area (TPSA) is 3.24 Å². The van der Waals surface area contributed by atoms with Crippen molar-refractivity contribution in [2.24, 2.45) is 5.92 Å². The lowest BCUT2D eigenvalue weighted by molar-refractivity contribution is -0.111. The van der Waals surface area contributed by atoms with E-state index in [4.69, 9.17) is 0 Å². The molecular weight excluding hydrogens is 172 g/mol. The summed E-state index contributed by atoms with van der Waals surface area (Å²) in [5, 5.41) is 0. The van der Waals surface area contributed by atoms with Crippen molar-refractivity contribution in [3.05, 3.63) is 0 Å². The Morgan fingerprint density at radius 2 is 2.08 bits per heavy atom. The summed E-state index contributed by atoms with van der Waals surface area (Å²) >= 11 is 0. The number of nitrogens with zero attached hydrogens (tertiary/aromatic N) is 1. The summed E-state index contributed by atoms with van der Waals surface area (Å²) < 4.78 is 26.8. The van der Waals surface area contributed by atoms with E-state index in [-0.39, 0.29) is 12.5 Å². The number of likely N-dealkylation sites (tertiary alicyclic amines) is 1. The molecule has 0 radical (unpaired) electrons. The fourth-order valence-corrected chi connectivity index (χ4v) is 2.07. The molecule has 13 heavy (non-hydrogen) atoms. The highest BCUT2D eigenvalue weighted by atomic mass is 19.3. The van der Waals surface area contributed by atoms with E-state index >= 15 is 0 Å². The second kappa shape index (κ2) is 4.36. The van der Waals surface area contributed by atoms with Crippen LogP contribution >= 0.6 is 0 Å². The van der Waals surface area contributed by atoms with Crippen LogP contribution in [-0.2, 0) is 0 Å². The van der Waals surface area contributed by atoms with E-state index in [9.17, 15) is 8.78 Å². The average Bonchev–Trinajstić information content (AvgIpc) is 2.03. The maximum absolute atomic E-state index is 13.4. The molecule has 0 aliphatic carbocycles. The van der Waals surface area contributed by atoms with E-state index in [0.717, 1.165) is 19.5 Å². The van der Waals surface area contributed by atoms with E-state index < -0.39 is 5.92 Å². The van der Waals surface area contributed by atoms with Crippen LogP contribution in [0.15, 0.2) is 0 Å². The van der Waals surface area contributed by atoms with Crippen molar-refractivity contribution in [1.82, 2.24) is 4.90 Å². The Hall–Kier alpha value is -0.180. The first-order valence-corrected chi connectivity index (χ1v) is 5.20. The van der Waals surface area contributed by atoms with E-state index in [1.807, 2.05) is 18.7 Å². The van der Waals surface area contributed by atoms with E-state index in [1.54, 1.807) is 0 Å². The second-order valence-corrected chi connectivity index (χ2v) is 3.93. The van der Waals surface area contributed by atoms with Crippen LogP contribution in [0, 0.1) is 5.92 Å². The highest BCUT2D eigenvalue weighted by Crippen LogP contribution is 2.34. The minimum Gasteiger partial charge on any atom is -0.297 e. The lowest BCUT2D eigenvalue weighted by atomic mass is 9.90. The van der Waals surface area contributed by atoms with Crippen LogP contribution in [0.5, 0.6) is 0 Å². The zero-order valence-corrected chi connectivity index (χ0v) is 8.52. The molecule has 0 spiro atoms. The van der Waals surface area contributed by atoms with Gasteiger partial charge < -0.3 is 0 Å². The molecule has 1 unspecified atom stereocenters. The van der Waals surface area contributed by atoms with Gasteiger partial charge in [0.05, 0.1) is 6.54 Å². The van der Waals surface area contributed by atoms with Gasteiger partial charge in [0.1, 0.15) is 0 Å². The molecule has 0 bridgehead atoms. The molecule has 1 fully saturated rings. The average molecular weight is 191 g/mol. The van der Waals surface area contributed by atoms with Crippen LogP contribution in [0.25, 0.3) is 0 Å². The third kappa shape index (κ3) is 2.63. The quantitative estimate of drug-likeness (QED) is 0.663. The van der Waals surface area contributed by atoms with Gasteiger partial charge in [-0.15, -0.1) is 0 Å². The molecule has 0 saturated carbocycles. The van der Waals surface area contributed by atoms with Crippen LogP contribution in [0.3, 0.4) is 0 Å². The largest absolute Gasteiger partial charge is 0.297 e. The zero-order chi connectivity index (χ0) is 9.90. The van der Waals surface area contributed by atoms with Gasteiger partial charge in [-0.2, -0.15) is 0 Å². The van der Waals surface area contributed by atoms with Crippen LogP contribution in [-0.4, -0.2) is 30.5 Å². The van der Waals surface area contributed by atoms with Gasteiger partial charge in [-0.05, 0) is 32.4 Å². The number of alkyl halides is 2. The first-order valence-electron chi connectivity index (χ1n) is 5.20. The molecule has 0 N–H and O–H groups in total. The Balaban J connectivity index is 2.48. The predicted molar refractivity (Wildman–Crippen MR) is 50.1 cm³/mol. The van der Waals surface area contributed by atoms with Crippen molar-refractivity contribution in [1.29, 1.82) is 0 Å². The van der Waals surface area contributed by atoms with Gasteiger partial charge >= 0.3 is 0 Å². The van der Waals surface area contributed by atoms with Crippen LogP contribution in [0.1, 0.15) is 33.1 Å². The van der Waals surface area contributed by atoms with Gasteiger partial charge in [-0.1, -0.05) is 13.8 Å². The number of halogens is 2. The fraction of sp³-hybridized carbons (Fsp3) is 1.00. The number of hydrogen-bond donors (Lipinski definition) is 0. The molecule has 1 rings (SSSR count). The summed E-state index contributed by atoms with van der Waals surface area (Å²) in [5.41, 5.74) is 0. The van der Waals surface area contributed by atoms with Crippen molar-refractivity contribution >= 4 is 0 Å². The Morgan fingerprint density at radius 1 is 1.38 bits per heavy atom. The summed E-state index contributed by atoms with van der Waals surface area (Å²) in [4.78, 5) is 1.88. The van der Waals surface area contributed by atoms with E-state index in [0.29, 0.717) is 12.8 Å². The molecule has 1 aliphatic heterocycles. The van der Waals surface area contributed by atoms with Crippen molar-refractivity contribution in [2.45, 2.75) is 39.0 Å². The predicted octanol–water partition coefficient (Wildman–Crippen LogP) is 2.76. The van der Waals surface area contributed by atoms with Gasteiger partial charge in [0, 0.05) is 5.92 Å². The van der Waals surface area contributed by atoms with Gasteiger partial charge in [0.25, 0.3) is 5.92 Å². The van der Waals surface area contributed by atoms with E-state index in [1.165, 1.54) is 0 Å². The first-order chi connectivity index (χ1) is 6.10. The SMILES string of the molecule is CCCN1CCC(CC)C(F)(F)C1. The van der Waals surface area contributed by atoms with E-state index in [2.05, 4.69) is 0 Å². The second-order valence-electron chi connectivity index (χ2n) is 3.93. The highest BCUT2D eigenvalue weighted by molar-refractivity contribution is 4.85. The van der Waals surface area contributed by atoms with Crippen molar-refractivity contribution in [2.75, 3.05) is 19.6 Å². The summed E-state index contributed by atoms with van der Waals surface area (Å²) in [7, 11) is 0. The molecule has 0 aromatic rings. The van der Waals surface area contributed by atoms with Crippen molar-refractivity contribution in [3.63, 3.8) is 0 Å². The van der Waals surface area contributed by atoms with Crippen LogP contribution in [0.2, 0.25) is 0 Å². The molecule has 3 heteroatoms. The molecule has 1 saturated heterocycles. The standard InChI is InChI=1S/C10H19F2N/c1-3-6-13-7-5-9(4-2)10(11,12)8-13/h9H,3-8H2,1-2H3. The summed E-state index contributed by atoms with van der Waals surface area (Å²) in [6, 6.07) is 0. The highest BCUT2D eigenvalue weighted by Gasteiger charge is 2.42. The van der Waals surface area contributed by atoms with Gasteiger partial charge in [0.2, 0.25) is 0 Å². The Labute approximate surface area is 79.1 Å². The van der Waals surface area contributed by atoms with Gasteiger partial charge in [-0.25, -0.2) is 8.78 Å². The zero-order valence-electron chi connectivity index (χ0n) is 8.52. The summed E-state index contributed by atoms with van der Waals surface area (Å²) in [6.45, 7) is 5.52. The maximum Gasteiger partial charge on any atom is 0.263 e. The number of rotatable bonds is 3. The molecular formula is C10H19F2N. The molecule has 0 aromatic carbocycles. The van der Waals surface area contributed by atoms with Crippen LogP contribution < -0.4 is 0 Å². The Bertz CT molecular complexity index is 159. The molecule has 1 heterocycles. The molecule has 1 atom stereocenters. The minimum absolute atomic E-state index is 0.0284. The number of hydrogen-bond acceptors (Lipinski definition) is 1. The summed E-state index contributed by atoms with van der Waals surface area (Å²) in [5.74, 6) is -2.84. The third-order valence-corrected chi connectivity index (χ3v) is 2.86. The smallest absolute Gasteiger partial charge is 0.263 e. The summed E-state index contributed by atoms with van der Waals surface area (Å²) in [6.07, 6.45) is 2.23. The molecule has 78 valence electrons. The van der Waals surface area contributed by atoms with Gasteiger partial charge in [0.15, 0.2) is 0 Å². The van der Waals surface area contributed by atoms with Crippen molar-refractivity contribution in [3.8, 4) is 0 Å². The molecule has 0 amide bonds. The lowest BCUT2D eigenvalue weighted by Crippen LogP contribution is -2.48. The Kier molecular flexibility index (Phi) is 3.65. The molecule has 1 aliphatic rings. The molecule has 1 nitrogen and oxygen atoms in total. The normalized spacial score (nSPS) is 29.1. The fourth-order valence-electron chi connectivity index (χ4n) is 2.07. The van der Waals surface area contributed by atoms with Gasteiger partial charge in [-0.3, -0.25) is 4.90 Å². The molecule has 0 aromatic heterocycles. The lowest BCUT2D eigenvalue weighted by Gasteiger charge is -2.37. The Morgan fingerprint density at radius 3 is 2.54 bits per heavy atom. The van der Waals surface area contributed by atoms with Crippen molar-refractivity contribution < 1.29 is 8.78 Å². The van der Waals surface area contributed by atoms with Crippen LogP contribution in [0.4, 0.5) is 8.78 Å². The monoisotopic (exact) mass is 191 g/mol. The maximum atomic E-state index is 13.4. The number of piperidine rings is 1.